The van der Waals surface area contributed by atoms with Gasteiger partial charge in [-0.25, -0.2) is 4.79 Å². The molecule has 0 spiro atoms. The second kappa shape index (κ2) is 6.36. The number of benzene rings is 1. The first-order chi connectivity index (χ1) is 10.5. The van der Waals surface area contributed by atoms with E-state index in [0.717, 1.165) is 12.8 Å². The smallest absolute Gasteiger partial charge is 0.407 e. The third kappa shape index (κ3) is 2.78. The van der Waals surface area contributed by atoms with Crippen LogP contribution in [-0.4, -0.2) is 28.7 Å². The number of aliphatic hydroxyl groups excluding tert-OH is 1. The zero-order chi connectivity index (χ0) is 16.3. The first kappa shape index (κ1) is 16.3. The second-order valence-corrected chi connectivity index (χ2v) is 5.63. The molecule has 1 aromatic heterocycles. The quantitative estimate of drug-likeness (QED) is 0.850. The van der Waals surface area contributed by atoms with E-state index in [1.807, 2.05) is 13.8 Å². The molecule has 1 aromatic carbocycles. The van der Waals surface area contributed by atoms with Gasteiger partial charge >= 0.3 is 5.76 Å². The van der Waals surface area contributed by atoms with Crippen LogP contribution in [0.15, 0.2) is 27.4 Å². The number of para-hydroxylation sites is 1. The number of oxazole rings is 1. The predicted octanol–water partition coefficient (Wildman–Crippen LogP) is 1.66. The number of hydrogen-bond donors (Lipinski definition) is 2. The van der Waals surface area contributed by atoms with Gasteiger partial charge in [0, 0.05) is 19.0 Å². The first-order valence-corrected chi connectivity index (χ1v) is 7.45. The Morgan fingerprint density at radius 2 is 2.05 bits per heavy atom. The molecule has 0 aliphatic heterocycles. The first-order valence-electron chi connectivity index (χ1n) is 7.45. The summed E-state index contributed by atoms with van der Waals surface area (Å²) in [5, 5.41) is 12.4. The topological polar surface area (TPSA) is 84.5 Å². The molecule has 120 valence electrons. The molecule has 0 saturated carbocycles. The minimum atomic E-state index is -0.498. The molecule has 0 aliphatic rings. The molecule has 2 aromatic rings. The lowest BCUT2D eigenvalue weighted by molar-refractivity contribution is 0.0851. The molecule has 0 fully saturated rings. The van der Waals surface area contributed by atoms with Crippen molar-refractivity contribution in [2.24, 2.45) is 12.5 Å². The van der Waals surface area contributed by atoms with Crippen LogP contribution in [0, 0.1) is 5.41 Å². The molecule has 1 heterocycles. The van der Waals surface area contributed by atoms with E-state index in [1.165, 1.54) is 4.57 Å². The summed E-state index contributed by atoms with van der Waals surface area (Å²) in [4.78, 5) is 24.0. The molecule has 1 amide bonds. The fraction of sp³-hybridized carbons (Fsp3) is 0.500. The van der Waals surface area contributed by atoms with Crippen molar-refractivity contribution in [3.63, 3.8) is 0 Å². The number of amides is 1. The SMILES string of the molecule is CCC(CC)(CO)CNC(=O)c1cccc2c1oc(=O)n2C. The summed E-state index contributed by atoms with van der Waals surface area (Å²) in [7, 11) is 1.60. The van der Waals surface area contributed by atoms with E-state index in [1.54, 1.807) is 25.2 Å². The van der Waals surface area contributed by atoms with Crippen molar-refractivity contribution >= 4 is 17.0 Å². The third-order valence-corrected chi connectivity index (χ3v) is 4.52. The van der Waals surface area contributed by atoms with Crippen LogP contribution >= 0.6 is 0 Å². The lowest BCUT2D eigenvalue weighted by Crippen LogP contribution is -2.39. The van der Waals surface area contributed by atoms with Gasteiger partial charge in [-0.05, 0) is 25.0 Å². The molecule has 6 nitrogen and oxygen atoms in total. The summed E-state index contributed by atoms with van der Waals surface area (Å²) < 4.78 is 6.52. The average Bonchev–Trinajstić information content (AvgIpc) is 2.84. The summed E-state index contributed by atoms with van der Waals surface area (Å²) in [5.41, 5.74) is 0.877. The number of rotatable bonds is 6. The van der Waals surface area contributed by atoms with E-state index in [4.69, 9.17) is 4.42 Å². The number of aromatic nitrogens is 1. The monoisotopic (exact) mass is 306 g/mol. The van der Waals surface area contributed by atoms with Crippen molar-refractivity contribution in [3.05, 3.63) is 34.3 Å². The van der Waals surface area contributed by atoms with E-state index in [0.29, 0.717) is 17.6 Å². The van der Waals surface area contributed by atoms with Crippen molar-refractivity contribution in [1.82, 2.24) is 9.88 Å². The maximum absolute atomic E-state index is 12.4. The molecule has 22 heavy (non-hydrogen) atoms. The number of hydrogen-bond acceptors (Lipinski definition) is 4. The highest BCUT2D eigenvalue weighted by Gasteiger charge is 2.26. The largest absolute Gasteiger partial charge is 0.419 e. The summed E-state index contributed by atoms with van der Waals surface area (Å²) in [6, 6.07) is 5.07. The molecule has 0 radical (unpaired) electrons. The summed E-state index contributed by atoms with van der Waals surface area (Å²) in [6.07, 6.45) is 1.54. The lowest BCUT2D eigenvalue weighted by atomic mass is 9.83. The van der Waals surface area contributed by atoms with Crippen molar-refractivity contribution in [3.8, 4) is 0 Å². The molecule has 0 saturated heterocycles. The lowest BCUT2D eigenvalue weighted by Gasteiger charge is -2.29. The van der Waals surface area contributed by atoms with Gasteiger partial charge in [0.15, 0.2) is 5.58 Å². The normalized spacial score (nSPS) is 11.8. The van der Waals surface area contributed by atoms with Crippen molar-refractivity contribution in [2.75, 3.05) is 13.2 Å². The fourth-order valence-electron chi connectivity index (χ4n) is 2.47. The van der Waals surface area contributed by atoms with Gasteiger partial charge < -0.3 is 14.8 Å². The molecule has 6 heteroatoms. The fourth-order valence-corrected chi connectivity index (χ4v) is 2.47. The molecule has 0 atom stereocenters. The number of nitrogens with zero attached hydrogens (tertiary/aromatic N) is 1. The molecule has 2 rings (SSSR count). The molecule has 2 N–H and O–H groups in total. The Balaban J connectivity index is 2.27. The zero-order valence-electron chi connectivity index (χ0n) is 13.2. The number of aliphatic hydroxyl groups is 1. The van der Waals surface area contributed by atoms with Crippen LogP contribution in [0.1, 0.15) is 37.0 Å². The predicted molar refractivity (Wildman–Crippen MR) is 83.9 cm³/mol. The van der Waals surface area contributed by atoms with Gasteiger partial charge in [0.2, 0.25) is 0 Å². The van der Waals surface area contributed by atoms with Gasteiger partial charge in [0.05, 0.1) is 17.7 Å². The van der Waals surface area contributed by atoms with Crippen molar-refractivity contribution in [1.29, 1.82) is 0 Å². The maximum Gasteiger partial charge on any atom is 0.419 e. The van der Waals surface area contributed by atoms with Crippen LogP contribution in [-0.2, 0) is 7.05 Å². The Kier molecular flexibility index (Phi) is 4.71. The summed E-state index contributed by atoms with van der Waals surface area (Å²) in [6.45, 7) is 4.37. The van der Waals surface area contributed by atoms with Crippen LogP contribution in [0.5, 0.6) is 0 Å². The van der Waals surface area contributed by atoms with Crippen LogP contribution in [0.2, 0.25) is 0 Å². The van der Waals surface area contributed by atoms with Crippen molar-refractivity contribution < 1.29 is 14.3 Å². The highest BCUT2D eigenvalue weighted by molar-refractivity contribution is 6.04. The van der Waals surface area contributed by atoms with Gasteiger partial charge in [-0.1, -0.05) is 19.9 Å². The van der Waals surface area contributed by atoms with E-state index < -0.39 is 5.76 Å². The molecule has 0 unspecified atom stereocenters. The summed E-state index contributed by atoms with van der Waals surface area (Å²) in [5.74, 6) is -0.804. The second-order valence-electron chi connectivity index (χ2n) is 5.63. The van der Waals surface area contributed by atoms with E-state index >= 15 is 0 Å². The Morgan fingerprint density at radius 3 is 2.64 bits per heavy atom. The molecule has 0 aliphatic carbocycles. The Bertz CT molecular complexity index is 717. The van der Waals surface area contributed by atoms with Crippen molar-refractivity contribution in [2.45, 2.75) is 26.7 Å². The van der Waals surface area contributed by atoms with Gasteiger partial charge in [0.25, 0.3) is 5.91 Å². The number of carbonyl (C=O) groups excluding carboxylic acids is 1. The van der Waals surface area contributed by atoms with Crippen LogP contribution in [0.3, 0.4) is 0 Å². The average molecular weight is 306 g/mol. The minimum Gasteiger partial charge on any atom is -0.407 e. The van der Waals surface area contributed by atoms with E-state index in [2.05, 4.69) is 5.32 Å². The van der Waals surface area contributed by atoms with Gasteiger partial charge in [-0.3, -0.25) is 9.36 Å². The Labute approximate surface area is 128 Å². The van der Waals surface area contributed by atoms with Gasteiger partial charge in [-0.15, -0.1) is 0 Å². The number of nitrogens with one attached hydrogen (secondary N) is 1. The zero-order valence-corrected chi connectivity index (χ0v) is 13.2. The highest BCUT2D eigenvalue weighted by Crippen LogP contribution is 2.25. The highest BCUT2D eigenvalue weighted by atomic mass is 16.4. The van der Waals surface area contributed by atoms with Crippen LogP contribution < -0.4 is 11.1 Å². The van der Waals surface area contributed by atoms with Crippen LogP contribution in [0.25, 0.3) is 11.1 Å². The van der Waals surface area contributed by atoms with Gasteiger partial charge in [-0.2, -0.15) is 0 Å². The summed E-state index contributed by atoms with van der Waals surface area (Å²) >= 11 is 0. The minimum absolute atomic E-state index is 0.0188. The third-order valence-electron chi connectivity index (χ3n) is 4.52. The van der Waals surface area contributed by atoms with Crippen LogP contribution in [0.4, 0.5) is 0 Å². The molecule has 0 bridgehead atoms. The number of carbonyl (C=O) groups is 1. The Morgan fingerprint density at radius 1 is 1.36 bits per heavy atom. The molecular formula is C16H22N2O4. The maximum atomic E-state index is 12.4. The molecular weight excluding hydrogens is 284 g/mol. The number of aryl methyl sites for hydroxylation is 1. The Hall–Kier alpha value is -2.08. The van der Waals surface area contributed by atoms with E-state index in [-0.39, 0.29) is 23.5 Å². The standard InChI is InChI=1S/C16H22N2O4/c1-4-16(5-2,10-19)9-17-14(20)11-7-6-8-12-13(11)22-15(21)18(12)3/h6-8,19H,4-5,9-10H2,1-3H3,(H,17,20). The number of fused-ring (bicyclic) bond motifs is 1. The van der Waals surface area contributed by atoms with Gasteiger partial charge in [0.1, 0.15) is 0 Å². The van der Waals surface area contributed by atoms with E-state index in [9.17, 15) is 14.7 Å².